The lowest BCUT2D eigenvalue weighted by Crippen LogP contribution is -2.62. The monoisotopic (exact) mass is 522 g/mol. The van der Waals surface area contributed by atoms with Gasteiger partial charge in [-0.15, -0.1) is 0 Å². The highest BCUT2D eigenvalue weighted by Crippen LogP contribution is 2.70. The van der Waals surface area contributed by atoms with Crippen molar-refractivity contribution in [1.82, 2.24) is 0 Å². The summed E-state index contributed by atoms with van der Waals surface area (Å²) in [6.07, 6.45) is 11.2. The van der Waals surface area contributed by atoms with Crippen LogP contribution >= 0.6 is 0 Å². The van der Waals surface area contributed by atoms with E-state index in [2.05, 4.69) is 27.7 Å². The molecule has 5 aliphatic rings. The van der Waals surface area contributed by atoms with E-state index in [4.69, 9.17) is 0 Å². The molecule has 0 spiro atoms. The third kappa shape index (κ3) is 4.10. The molecule has 0 aliphatic heterocycles. The first-order valence-corrected chi connectivity index (χ1v) is 15.8. The second-order valence-electron chi connectivity index (χ2n) is 14.9. The molecule has 0 amide bonds. The maximum Gasteiger partial charge on any atom is 0.335 e. The van der Waals surface area contributed by atoms with E-state index >= 15 is 0 Å². The summed E-state index contributed by atoms with van der Waals surface area (Å²) in [5.74, 6) is 4.32. The van der Waals surface area contributed by atoms with Crippen molar-refractivity contribution in [2.45, 2.75) is 110 Å². The van der Waals surface area contributed by atoms with Crippen LogP contribution in [-0.2, 0) is 0 Å². The van der Waals surface area contributed by atoms with Crippen molar-refractivity contribution in [2.24, 2.45) is 58.2 Å². The molecule has 0 saturated heterocycles. The van der Waals surface area contributed by atoms with Gasteiger partial charge in [0.25, 0.3) is 0 Å². The summed E-state index contributed by atoms with van der Waals surface area (Å²) >= 11 is 0. The average molecular weight is 523 g/mol. The van der Waals surface area contributed by atoms with Crippen LogP contribution in [0, 0.1) is 58.2 Å². The maximum atomic E-state index is 11.9. The van der Waals surface area contributed by atoms with E-state index in [1.807, 2.05) is 12.1 Å². The molecule has 6 unspecified atom stereocenters. The smallest absolute Gasteiger partial charge is 0.335 e. The Bertz CT molecular complexity index is 1040. The van der Waals surface area contributed by atoms with Crippen molar-refractivity contribution in [1.29, 1.82) is 0 Å². The third-order valence-electron chi connectivity index (χ3n) is 13.3. The summed E-state index contributed by atoms with van der Waals surface area (Å²) in [6, 6.07) is 7.57. The second kappa shape index (κ2) is 9.61. The number of carboxylic acid groups (broad SMARTS) is 1. The number of aromatic carboxylic acids is 1. The third-order valence-corrected chi connectivity index (χ3v) is 13.3. The molecule has 0 radical (unpaired) electrons. The minimum absolute atomic E-state index is 0.183. The first-order chi connectivity index (χ1) is 18.1. The summed E-state index contributed by atoms with van der Waals surface area (Å²) in [6.45, 7) is 9.88. The Morgan fingerprint density at radius 3 is 2.32 bits per heavy atom. The fraction of sp³-hybridized carbons (Fsp3) is 0.794. The van der Waals surface area contributed by atoms with Gasteiger partial charge in [-0.3, -0.25) is 0 Å². The standard InChI is InChI=1S/C34H50O4/c1-5-24-29-18-23(35)12-14-34(29,4)28-13-15-33(3)26(10-11-27(33)30(28)31(24)36)19(2)16-22-17-25(22)20-6-8-21(9-7-20)32(37)38/h6-9,19,22-31,35-36H,5,10-18H2,1-4H3,(H,37,38)/t19-,22?,23-,24-,25?,26-,27?,28?,29?,30?,31-,33-,34-/m1/s1. The summed E-state index contributed by atoms with van der Waals surface area (Å²) in [7, 11) is 0. The van der Waals surface area contributed by atoms with Gasteiger partial charge in [-0.25, -0.2) is 4.79 Å². The quantitative estimate of drug-likeness (QED) is 0.371. The number of fused-ring (bicyclic) bond motifs is 5. The normalized spacial score (nSPS) is 48.5. The Labute approximate surface area is 229 Å². The van der Waals surface area contributed by atoms with Gasteiger partial charge >= 0.3 is 5.97 Å². The van der Waals surface area contributed by atoms with Crippen LogP contribution in [-0.4, -0.2) is 33.5 Å². The van der Waals surface area contributed by atoms with Crippen LogP contribution in [0.2, 0.25) is 0 Å². The number of carboxylic acids is 1. The van der Waals surface area contributed by atoms with Crippen molar-refractivity contribution in [3.8, 4) is 0 Å². The molecular formula is C34H50O4. The van der Waals surface area contributed by atoms with Crippen molar-refractivity contribution < 1.29 is 20.1 Å². The van der Waals surface area contributed by atoms with Gasteiger partial charge < -0.3 is 15.3 Å². The highest BCUT2D eigenvalue weighted by Gasteiger charge is 2.65. The van der Waals surface area contributed by atoms with Crippen molar-refractivity contribution in [3.05, 3.63) is 35.4 Å². The minimum Gasteiger partial charge on any atom is -0.478 e. The maximum absolute atomic E-state index is 11.9. The lowest BCUT2D eigenvalue weighted by Gasteiger charge is -2.64. The molecule has 3 N–H and O–H groups in total. The first kappa shape index (κ1) is 26.8. The van der Waals surface area contributed by atoms with E-state index in [9.17, 15) is 20.1 Å². The second-order valence-corrected chi connectivity index (χ2v) is 14.9. The largest absolute Gasteiger partial charge is 0.478 e. The lowest BCUT2D eigenvalue weighted by molar-refractivity contribution is -0.203. The first-order valence-electron chi connectivity index (χ1n) is 15.8. The number of aliphatic hydroxyl groups excluding tert-OH is 2. The van der Waals surface area contributed by atoms with Gasteiger partial charge in [-0.05, 0) is 140 Å². The van der Waals surface area contributed by atoms with Crippen molar-refractivity contribution in [2.75, 3.05) is 0 Å². The lowest BCUT2D eigenvalue weighted by atomic mass is 9.41. The molecule has 1 aromatic carbocycles. The summed E-state index contributed by atoms with van der Waals surface area (Å²) in [4.78, 5) is 11.2. The molecule has 5 saturated carbocycles. The number of rotatable bonds is 6. The molecule has 13 atom stereocenters. The molecule has 4 nitrogen and oxygen atoms in total. The average Bonchev–Trinajstić information content (AvgIpc) is 3.56. The Hall–Kier alpha value is -1.39. The van der Waals surface area contributed by atoms with Gasteiger partial charge in [0.15, 0.2) is 0 Å². The van der Waals surface area contributed by atoms with Crippen LogP contribution in [0.1, 0.15) is 114 Å². The van der Waals surface area contributed by atoms with Crippen LogP contribution in [0.25, 0.3) is 0 Å². The SMILES string of the molecule is CC[C@@H]1C2C[C@H](O)CC[C@]2(C)C2CC[C@@]3(C)C(CC[C@@H]3[C@H](C)CC3CC3c3ccc(C(=O)O)cc3)C2[C@@H]1O. The van der Waals surface area contributed by atoms with Crippen LogP contribution in [0.3, 0.4) is 0 Å². The molecule has 5 aliphatic carbocycles. The van der Waals surface area contributed by atoms with Gasteiger partial charge in [0.1, 0.15) is 0 Å². The van der Waals surface area contributed by atoms with Gasteiger partial charge in [0, 0.05) is 0 Å². The number of hydrogen-bond acceptors (Lipinski definition) is 3. The molecule has 210 valence electrons. The van der Waals surface area contributed by atoms with E-state index in [1.165, 1.54) is 44.1 Å². The zero-order valence-electron chi connectivity index (χ0n) is 24.0. The number of benzene rings is 1. The van der Waals surface area contributed by atoms with Crippen LogP contribution in [0.5, 0.6) is 0 Å². The molecular weight excluding hydrogens is 472 g/mol. The Morgan fingerprint density at radius 1 is 0.947 bits per heavy atom. The molecule has 5 fully saturated rings. The number of aliphatic hydroxyl groups is 2. The molecule has 0 bridgehead atoms. The van der Waals surface area contributed by atoms with Gasteiger partial charge in [-0.1, -0.05) is 46.2 Å². The van der Waals surface area contributed by atoms with E-state index in [1.54, 1.807) is 12.1 Å². The fourth-order valence-corrected chi connectivity index (χ4v) is 11.4. The Balaban J connectivity index is 1.17. The van der Waals surface area contributed by atoms with Crippen molar-refractivity contribution >= 4 is 5.97 Å². The predicted molar refractivity (Wildman–Crippen MR) is 150 cm³/mol. The van der Waals surface area contributed by atoms with Gasteiger partial charge in [0.05, 0.1) is 17.8 Å². The minimum atomic E-state index is -0.852. The topological polar surface area (TPSA) is 77.8 Å². The van der Waals surface area contributed by atoms with E-state index in [0.717, 1.165) is 37.5 Å². The molecule has 38 heavy (non-hydrogen) atoms. The fourth-order valence-electron chi connectivity index (χ4n) is 11.4. The summed E-state index contributed by atoms with van der Waals surface area (Å²) < 4.78 is 0. The van der Waals surface area contributed by atoms with Crippen LogP contribution in [0.15, 0.2) is 24.3 Å². The molecule has 0 aromatic heterocycles. The highest BCUT2D eigenvalue weighted by molar-refractivity contribution is 5.87. The molecule has 1 aromatic rings. The van der Waals surface area contributed by atoms with E-state index in [0.29, 0.717) is 52.4 Å². The van der Waals surface area contributed by atoms with Crippen LogP contribution in [0.4, 0.5) is 0 Å². The Morgan fingerprint density at radius 2 is 1.63 bits per heavy atom. The number of carbonyl (C=O) groups is 1. The summed E-state index contributed by atoms with van der Waals surface area (Å²) in [5.41, 5.74) is 2.27. The van der Waals surface area contributed by atoms with Crippen LogP contribution < -0.4 is 0 Å². The van der Waals surface area contributed by atoms with Gasteiger partial charge in [-0.2, -0.15) is 0 Å². The highest BCUT2D eigenvalue weighted by atomic mass is 16.4. The predicted octanol–water partition coefficient (Wildman–Crippen LogP) is 7.14. The molecule has 4 heteroatoms. The molecule has 0 heterocycles. The van der Waals surface area contributed by atoms with E-state index in [-0.39, 0.29) is 17.6 Å². The number of hydrogen-bond donors (Lipinski definition) is 3. The van der Waals surface area contributed by atoms with Gasteiger partial charge in [0.2, 0.25) is 0 Å². The van der Waals surface area contributed by atoms with Crippen molar-refractivity contribution in [3.63, 3.8) is 0 Å². The van der Waals surface area contributed by atoms with E-state index < -0.39 is 5.97 Å². The molecule has 6 rings (SSSR count). The summed E-state index contributed by atoms with van der Waals surface area (Å²) in [5, 5.41) is 31.7. The Kier molecular flexibility index (Phi) is 6.78. The zero-order valence-corrected chi connectivity index (χ0v) is 24.0. The zero-order chi connectivity index (χ0) is 27.0.